The molecular weight excluding hydrogens is 578 g/mol. The van der Waals surface area contributed by atoms with Crippen molar-refractivity contribution in [3.8, 4) is 0 Å². The van der Waals surface area contributed by atoms with Crippen LogP contribution < -0.4 is 4.90 Å². The van der Waals surface area contributed by atoms with E-state index in [9.17, 15) is 4.79 Å². The Bertz CT molecular complexity index is 1110. The highest BCUT2D eigenvalue weighted by atomic mass is 127. The molecule has 0 radical (unpaired) electrons. The Labute approximate surface area is 217 Å². The summed E-state index contributed by atoms with van der Waals surface area (Å²) in [5.74, 6) is -0.0736. The number of halogens is 4. The zero-order chi connectivity index (χ0) is 22.8. The van der Waals surface area contributed by atoms with Crippen LogP contribution >= 0.6 is 57.4 Å². The van der Waals surface area contributed by atoms with Crippen LogP contribution in [0.2, 0.25) is 15.1 Å². The summed E-state index contributed by atoms with van der Waals surface area (Å²) in [6.07, 6.45) is 0. The van der Waals surface area contributed by atoms with Crippen molar-refractivity contribution in [2.24, 2.45) is 0 Å². The molecule has 2 atom stereocenters. The molecule has 7 heteroatoms. The van der Waals surface area contributed by atoms with Crippen molar-refractivity contribution in [3.63, 3.8) is 0 Å². The molecule has 4 rings (SSSR count). The quantitative estimate of drug-likeness (QED) is 0.291. The van der Waals surface area contributed by atoms with E-state index in [1.54, 1.807) is 6.07 Å². The number of nitrogens with zero attached hydrogens (tertiary/aromatic N) is 2. The van der Waals surface area contributed by atoms with Gasteiger partial charge in [0.1, 0.15) is 0 Å². The maximum absolute atomic E-state index is 13.4. The summed E-state index contributed by atoms with van der Waals surface area (Å²) in [4.78, 5) is 17.6. The average Bonchev–Trinajstić information content (AvgIpc) is 2.79. The first-order chi connectivity index (χ1) is 15.3. The van der Waals surface area contributed by atoms with Crippen LogP contribution in [0.5, 0.6) is 0 Å². The van der Waals surface area contributed by atoms with Gasteiger partial charge in [0.25, 0.3) is 0 Å². The van der Waals surface area contributed by atoms with Crippen molar-refractivity contribution in [1.29, 1.82) is 0 Å². The fourth-order valence-corrected chi connectivity index (χ4v) is 5.13. The van der Waals surface area contributed by atoms with E-state index in [1.165, 1.54) is 0 Å². The second-order valence-corrected chi connectivity index (χ2v) is 10.4. The van der Waals surface area contributed by atoms with Gasteiger partial charge in [-0.05, 0) is 83.1 Å². The largest absolute Gasteiger partial charge is 0.360 e. The molecule has 0 spiro atoms. The molecule has 0 bridgehead atoms. The average molecular weight is 600 g/mol. The Hall–Kier alpha value is -1.47. The third kappa shape index (κ3) is 5.19. The molecule has 0 aliphatic carbocycles. The lowest BCUT2D eigenvalue weighted by molar-refractivity contribution is -0.133. The lowest BCUT2D eigenvalue weighted by atomic mass is 9.97. The Kier molecular flexibility index (Phi) is 7.55. The molecule has 0 N–H and O–H groups in total. The van der Waals surface area contributed by atoms with Crippen LogP contribution in [0.25, 0.3) is 0 Å². The molecule has 3 nitrogen and oxygen atoms in total. The molecular formula is C25H22Cl3IN2O. The van der Waals surface area contributed by atoms with Crippen molar-refractivity contribution in [2.75, 3.05) is 24.5 Å². The lowest BCUT2D eigenvalue weighted by Crippen LogP contribution is -2.51. The summed E-state index contributed by atoms with van der Waals surface area (Å²) in [5, 5.41) is 1.88. The van der Waals surface area contributed by atoms with Crippen molar-refractivity contribution in [1.82, 2.24) is 4.90 Å². The Morgan fingerprint density at radius 2 is 1.59 bits per heavy atom. The second kappa shape index (κ2) is 10.2. The molecule has 1 fully saturated rings. The Morgan fingerprint density at radius 3 is 2.25 bits per heavy atom. The van der Waals surface area contributed by atoms with Gasteiger partial charge >= 0.3 is 0 Å². The van der Waals surface area contributed by atoms with E-state index in [2.05, 4.69) is 27.5 Å². The zero-order valence-corrected chi connectivity index (χ0v) is 21.9. The summed E-state index contributed by atoms with van der Waals surface area (Å²) in [7, 11) is 0. The SMILES string of the molecule is C[C@@H](C(=O)N1CCN(c2ccc(Cl)cc2Cl)[C@H](c2ccc(Cl)cc2)C1)c1ccc(I)cc1. The molecule has 166 valence electrons. The number of carbonyl (C=O) groups is 1. The molecule has 0 unspecified atom stereocenters. The smallest absolute Gasteiger partial charge is 0.229 e. The molecule has 0 saturated carbocycles. The third-order valence-electron chi connectivity index (χ3n) is 5.91. The molecule has 3 aromatic carbocycles. The minimum Gasteiger partial charge on any atom is -0.360 e. The van der Waals surface area contributed by atoms with Crippen molar-refractivity contribution in [3.05, 3.63) is 96.5 Å². The first-order valence-electron chi connectivity index (χ1n) is 10.3. The minimum absolute atomic E-state index is 0.0486. The Morgan fingerprint density at radius 1 is 0.938 bits per heavy atom. The van der Waals surface area contributed by atoms with Crippen LogP contribution in [0, 0.1) is 3.57 Å². The molecule has 1 aliphatic heterocycles. The van der Waals surface area contributed by atoms with Gasteiger partial charge in [0.15, 0.2) is 0 Å². The zero-order valence-electron chi connectivity index (χ0n) is 17.4. The van der Waals surface area contributed by atoms with Crippen LogP contribution in [0.4, 0.5) is 5.69 Å². The monoisotopic (exact) mass is 598 g/mol. The van der Waals surface area contributed by atoms with Gasteiger partial charge in [-0.25, -0.2) is 0 Å². The van der Waals surface area contributed by atoms with Crippen LogP contribution in [-0.2, 0) is 4.79 Å². The van der Waals surface area contributed by atoms with Crippen LogP contribution in [0.3, 0.4) is 0 Å². The van der Waals surface area contributed by atoms with Gasteiger partial charge in [0.05, 0.1) is 22.7 Å². The molecule has 1 saturated heterocycles. The highest BCUT2D eigenvalue weighted by Crippen LogP contribution is 2.37. The van der Waals surface area contributed by atoms with E-state index in [0.717, 1.165) is 20.4 Å². The van der Waals surface area contributed by atoms with Crippen LogP contribution in [0.1, 0.15) is 30.0 Å². The van der Waals surface area contributed by atoms with Crippen molar-refractivity contribution in [2.45, 2.75) is 18.9 Å². The summed E-state index contributed by atoms with van der Waals surface area (Å²) < 4.78 is 1.15. The third-order valence-corrected chi connectivity index (χ3v) is 7.42. The van der Waals surface area contributed by atoms with E-state index in [-0.39, 0.29) is 17.9 Å². The van der Waals surface area contributed by atoms with Gasteiger partial charge in [0, 0.05) is 33.2 Å². The number of benzene rings is 3. The van der Waals surface area contributed by atoms with E-state index >= 15 is 0 Å². The van der Waals surface area contributed by atoms with Gasteiger partial charge < -0.3 is 9.80 Å². The summed E-state index contributed by atoms with van der Waals surface area (Å²) >= 11 is 21.1. The topological polar surface area (TPSA) is 23.6 Å². The number of amides is 1. The van der Waals surface area contributed by atoms with E-state index in [4.69, 9.17) is 34.8 Å². The van der Waals surface area contributed by atoms with Gasteiger partial charge in [0.2, 0.25) is 5.91 Å². The predicted molar refractivity (Wildman–Crippen MR) is 142 cm³/mol. The van der Waals surface area contributed by atoms with Crippen LogP contribution in [0.15, 0.2) is 66.7 Å². The first kappa shape index (κ1) is 23.7. The summed E-state index contributed by atoms with van der Waals surface area (Å²) in [6, 6.07) is 21.4. The fraction of sp³-hybridized carbons (Fsp3) is 0.240. The molecule has 1 heterocycles. The fourth-order valence-electron chi connectivity index (χ4n) is 4.12. The molecule has 3 aromatic rings. The highest BCUT2D eigenvalue weighted by Gasteiger charge is 2.33. The number of rotatable bonds is 4. The number of carbonyl (C=O) groups excluding carboxylic acids is 1. The molecule has 32 heavy (non-hydrogen) atoms. The van der Waals surface area contributed by atoms with Gasteiger partial charge in [-0.15, -0.1) is 0 Å². The molecule has 1 aliphatic rings. The minimum atomic E-state index is -0.205. The normalized spacial score (nSPS) is 17.3. The van der Waals surface area contributed by atoms with Gasteiger partial charge in [-0.3, -0.25) is 4.79 Å². The van der Waals surface area contributed by atoms with Crippen molar-refractivity contribution >= 4 is 69.0 Å². The van der Waals surface area contributed by atoms with Gasteiger partial charge in [-0.2, -0.15) is 0 Å². The van der Waals surface area contributed by atoms with E-state index in [1.807, 2.05) is 72.5 Å². The number of piperazine rings is 1. The van der Waals surface area contributed by atoms with Crippen LogP contribution in [-0.4, -0.2) is 30.4 Å². The maximum Gasteiger partial charge on any atom is 0.229 e. The first-order valence-corrected chi connectivity index (χ1v) is 12.6. The van der Waals surface area contributed by atoms with E-state index < -0.39 is 0 Å². The van der Waals surface area contributed by atoms with Crippen molar-refractivity contribution < 1.29 is 4.79 Å². The maximum atomic E-state index is 13.4. The molecule has 1 amide bonds. The predicted octanol–water partition coefficient (Wildman–Crippen LogP) is 7.45. The standard InChI is InChI=1S/C25H22Cl3IN2O/c1-16(17-4-9-21(29)10-5-17)25(32)30-12-13-31(23-11-8-20(27)14-22(23)28)24(15-30)18-2-6-19(26)7-3-18/h2-11,14,16,24H,12-13,15H2,1H3/t16-,24+/m1/s1. The number of hydrogen-bond acceptors (Lipinski definition) is 2. The lowest BCUT2D eigenvalue weighted by Gasteiger charge is -2.44. The second-order valence-electron chi connectivity index (χ2n) is 7.91. The summed E-state index contributed by atoms with van der Waals surface area (Å²) in [6.45, 7) is 3.83. The number of anilines is 1. The Balaban J connectivity index is 1.63. The summed E-state index contributed by atoms with van der Waals surface area (Å²) in [5.41, 5.74) is 3.02. The molecule has 0 aromatic heterocycles. The highest BCUT2D eigenvalue weighted by molar-refractivity contribution is 14.1. The van der Waals surface area contributed by atoms with Gasteiger partial charge in [-0.1, -0.05) is 59.1 Å². The van der Waals surface area contributed by atoms with E-state index in [0.29, 0.717) is 34.7 Å². The number of hydrogen-bond donors (Lipinski definition) is 0.